The Morgan fingerprint density at radius 1 is 0.765 bits per heavy atom. The summed E-state index contributed by atoms with van der Waals surface area (Å²) in [6.45, 7) is 0. The molecule has 0 atom stereocenters. The third kappa shape index (κ3) is 3.95. The monoisotopic (exact) mass is 312 g/mol. The van der Waals surface area contributed by atoms with E-state index in [1.54, 1.807) is 0 Å². The van der Waals surface area contributed by atoms with Gasteiger partial charge in [-0.2, -0.15) is 16.8 Å². The molecule has 0 saturated heterocycles. The number of hydrogen-bond donors (Lipinski definition) is 4. The van der Waals surface area contributed by atoms with Gasteiger partial charge in [0, 0.05) is 12.1 Å². The van der Waals surface area contributed by atoms with Crippen LogP contribution in [0.1, 0.15) is 0 Å². The first-order chi connectivity index (χ1) is 7.03. The summed E-state index contributed by atoms with van der Waals surface area (Å²) < 4.78 is 59.7. The van der Waals surface area contributed by atoms with E-state index in [0.717, 1.165) is 0 Å². The summed E-state index contributed by atoms with van der Waals surface area (Å²) >= 11 is 0. The first-order valence-electron chi connectivity index (χ1n) is 3.54. The summed E-state index contributed by atoms with van der Waals surface area (Å²) in [7, 11) is -9.61. The van der Waals surface area contributed by atoms with Crippen LogP contribution in [-0.2, 0) is 20.2 Å². The molecule has 0 aliphatic heterocycles. The van der Waals surface area contributed by atoms with Crippen LogP contribution in [-0.4, -0.2) is 73.9 Å². The minimum atomic E-state index is -4.80. The molecule has 4 N–H and O–H groups in total. The summed E-state index contributed by atoms with van der Waals surface area (Å²) in [5.41, 5.74) is 0. The normalized spacial score (nSPS) is 11.9. The Kier molecular flexibility index (Phi) is 5.23. The summed E-state index contributed by atoms with van der Waals surface area (Å²) in [5.74, 6) is -2.24. The van der Waals surface area contributed by atoms with Crippen molar-refractivity contribution in [2.24, 2.45) is 0 Å². The molecular formula is C6H8CaO8S2. The van der Waals surface area contributed by atoms with Crippen molar-refractivity contribution < 1.29 is 36.2 Å². The van der Waals surface area contributed by atoms with Gasteiger partial charge in [0.2, 0.25) is 0 Å². The maximum atomic E-state index is 10.6. The van der Waals surface area contributed by atoms with Gasteiger partial charge in [-0.05, 0) is 0 Å². The average molecular weight is 312 g/mol. The molecule has 0 unspecified atom stereocenters. The number of benzene rings is 1. The Hall–Kier alpha value is -0.100. The third-order valence-electron chi connectivity index (χ3n) is 1.60. The van der Waals surface area contributed by atoms with E-state index in [9.17, 15) is 16.8 Å². The minimum absolute atomic E-state index is 0. The molecule has 8 nitrogen and oxygen atoms in total. The zero-order valence-corrected chi connectivity index (χ0v) is 9.03. The Morgan fingerprint density at radius 2 is 1.00 bits per heavy atom. The van der Waals surface area contributed by atoms with Crippen LogP contribution in [0.4, 0.5) is 0 Å². The van der Waals surface area contributed by atoms with Crippen molar-refractivity contribution in [2.75, 3.05) is 0 Å². The molecule has 1 aromatic carbocycles. The van der Waals surface area contributed by atoms with Gasteiger partial charge < -0.3 is 10.2 Å². The Bertz CT molecular complexity index is 574. The second kappa shape index (κ2) is 5.26. The molecule has 1 rings (SSSR count). The number of rotatable bonds is 2. The predicted octanol–water partition coefficient (Wildman–Crippen LogP) is -1.33. The van der Waals surface area contributed by atoms with Gasteiger partial charge in [0.25, 0.3) is 20.2 Å². The van der Waals surface area contributed by atoms with Gasteiger partial charge in [0.15, 0.2) is 0 Å². The number of phenolic OH excluding ortho intramolecular Hbond substituents is 2. The molecular weight excluding hydrogens is 304 g/mol. The fourth-order valence-corrected chi connectivity index (χ4v) is 2.12. The van der Waals surface area contributed by atoms with Crippen LogP contribution in [0, 0.1) is 0 Å². The summed E-state index contributed by atoms with van der Waals surface area (Å²) in [4.78, 5) is -2.14. The number of phenols is 2. The van der Waals surface area contributed by atoms with Crippen LogP contribution in [0.5, 0.6) is 11.5 Å². The topological polar surface area (TPSA) is 149 Å². The predicted molar refractivity (Wildman–Crippen MR) is 57.9 cm³/mol. The van der Waals surface area contributed by atoms with Gasteiger partial charge >= 0.3 is 37.7 Å². The van der Waals surface area contributed by atoms with E-state index < -0.39 is 41.5 Å². The molecule has 94 valence electrons. The Balaban J connectivity index is 0.00000256. The van der Waals surface area contributed by atoms with Crippen molar-refractivity contribution >= 4 is 58.0 Å². The van der Waals surface area contributed by atoms with Crippen LogP contribution in [0.2, 0.25) is 0 Å². The van der Waals surface area contributed by atoms with E-state index in [4.69, 9.17) is 19.3 Å². The van der Waals surface area contributed by atoms with Crippen molar-refractivity contribution in [2.45, 2.75) is 9.79 Å². The molecule has 11 heteroatoms. The fourth-order valence-electron chi connectivity index (χ4n) is 0.952. The first-order valence-corrected chi connectivity index (χ1v) is 6.42. The van der Waals surface area contributed by atoms with Crippen molar-refractivity contribution in [3.63, 3.8) is 0 Å². The number of hydrogen-bond acceptors (Lipinski definition) is 6. The fraction of sp³-hybridized carbons (Fsp3) is 0. The maximum absolute atomic E-state index is 10.6. The zero-order valence-electron chi connectivity index (χ0n) is 7.39. The van der Waals surface area contributed by atoms with Crippen LogP contribution in [0.15, 0.2) is 21.9 Å². The van der Waals surface area contributed by atoms with Gasteiger partial charge in [-0.15, -0.1) is 0 Å². The molecule has 0 fully saturated rings. The van der Waals surface area contributed by atoms with Crippen LogP contribution < -0.4 is 0 Å². The SMILES string of the molecule is O=S(=O)(O)c1cc(O)c(S(=O)(=O)O)cc1O.[CaH2]. The summed E-state index contributed by atoms with van der Waals surface area (Å²) in [6.07, 6.45) is 0. The molecule has 0 radical (unpaired) electrons. The molecule has 0 aliphatic rings. The molecule has 0 aromatic heterocycles. The molecule has 17 heavy (non-hydrogen) atoms. The molecule has 0 aliphatic carbocycles. The summed E-state index contributed by atoms with van der Waals surface area (Å²) in [5, 5.41) is 18.2. The standard InChI is InChI=1S/C6H6O8S2.Ca.2H/c7-3-1-5(15(9,10)11)4(8)2-6(3)16(12,13)14;;;/h1-2,7-8H,(H,9,10,11)(H,12,13,14);;;. The van der Waals surface area contributed by atoms with Crippen molar-refractivity contribution in [3.05, 3.63) is 12.1 Å². The van der Waals surface area contributed by atoms with Crippen molar-refractivity contribution in [3.8, 4) is 11.5 Å². The van der Waals surface area contributed by atoms with Crippen LogP contribution in [0.25, 0.3) is 0 Å². The van der Waals surface area contributed by atoms with Gasteiger partial charge in [-0.3, -0.25) is 9.11 Å². The first kappa shape index (κ1) is 16.9. The Morgan fingerprint density at radius 3 is 1.18 bits per heavy atom. The molecule has 0 saturated carbocycles. The van der Waals surface area contributed by atoms with E-state index in [1.807, 2.05) is 0 Å². The van der Waals surface area contributed by atoms with Crippen molar-refractivity contribution in [1.29, 1.82) is 0 Å². The summed E-state index contributed by atoms with van der Waals surface area (Å²) in [6, 6.07) is 0.599. The zero-order chi connectivity index (χ0) is 12.7. The van der Waals surface area contributed by atoms with E-state index in [-0.39, 0.29) is 37.7 Å². The van der Waals surface area contributed by atoms with Gasteiger partial charge in [-0.25, -0.2) is 0 Å². The second-order valence-electron chi connectivity index (χ2n) is 2.74. The average Bonchev–Trinajstić information content (AvgIpc) is 2.04. The van der Waals surface area contributed by atoms with Crippen molar-refractivity contribution in [1.82, 2.24) is 0 Å². The van der Waals surface area contributed by atoms with Gasteiger partial charge in [0.1, 0.15) is 21.3 Å². The van der Waals surface area contributed by atoms with E-state index in [1.165, 1.54) is 0 Å². The third-order valence-corrected chi connectivity index (χ3v) is 3.36. The molecule has 0 spiro atoms. The van der Waals surface area contributed by atoms with Crippen LogP contribution >= 0.6 is 0 Å². The van der Waals surface area contributed by atoms with Crippen LogP contribution in [0.3, 0.4) is 0 Å². The van der Waals surface area contributed by atoms with E-state index >= 15 is 0 Å². The van der Waals surface area contributed by atoms with E-state index in [2.05, 4.69) is 0 Å². The Labute approximate surface area is 126 Å². The van der Waals surface area contributed by atoms with Gasteiger partial charge in [0.05, 0.1) is 0 Å². The molecule has 0 amide bonds. The van der Waals surface area contributed by atoms with Gasteiger partial charge in [-0.1, -0.05) is 0 Å². The number of aromatic hydroxyl groups is 2. The molecule has 0 heterocycles. The molecule has 1 aromatic rings. The van der Waals surface area contributed by atoms with E-state index in [0.29, 0.717) is 12.1 Å². The quantitative estimate of drug-likeness (QED) is 0.298. The second-order valence-corrected chi connectivity index (χ2v) is 5.52. The molecule has 0 bridgehead atoms.